The normalized spacial score (nSPS) is 20.1. The molecular weight excluding hydrogens is 259 g/mol. The summed E-state index contributed by atoms with van der Waals surface area (Å²) in [5.74, 6) is 0.485. The number of halogens is 1. The smallest absolute Gasteiger partial charge is 0.124 e. The molecule has 20 heavy (non-hydrogen) atoms. The van der Waals surface area contributed by atoms with Crippen molar-refractivity contribution in [3.05, 3.63) is 29.6 Å². The summed E-state index contributed by atoms with van der Waals surface area (Å²) < 4.78 is 19.1. The van der Waals surface area contributed by atoms with Crippen LogP contribution >= 0.6 is 0 Å². The number of aliphatic hydroxyl groups excluding tert-OH is 1. The highest BCUT2D eigenvalue weighted by atomic mass is 19.1. The van der Waals surface area contributed by atoms with Gasteiger partial charge in [0.1, 0.15) is 11.6 Å². The Balaban J connectivity index is 2.03. The first-order chi connectivity index (χ1) is 9.56. The zero-order chi connectivity index (χ0) is 14.5. The highest BCUT2D eigenvalue weighted by Crippen LogP contribution is 2.31. The standard InChI is InChI=1S/C15H23FN2O2/c1-18(2)10-12(19)9-17-14-4-3-7-20-15-6-5-11(16)8-13(14)15/h5-6,8,12,14,17,19H,3-4,7,9-10H2,1-2H3. The second-order valence-electron chi connectivity index (χ2n) is 5.55. The average Bonchev–Trinajstić information content (AvgIpc) is 2.57. The van der Waals surface area contributed by atoms with Gasteiger partial charge in [-0.1, -0.05) is 0 Å². The van der Waals surface area contributed by atoms with Gasteiger partial charge in [0.05, 0.1) is 12.7 Å². The second-order valence-corrected chi connectivity index (χ2v) is 5.55. The summed E-state index contributed by atoms with van der Waals surface area (Å²) in [5.41, 5.74) is 0.847. The lowest BCUT2D eigenvalue weighted by Gasteiger charge is -2.22. The molecule has 112 valence electrons. The van der Waals surface area contributed by atoms with Crippen molar-refractivity contribution in [2.24, 2.45) is 0 Å². The fourth-order valence-electron chi connectivity index (χ4n) is 2.52. The number of nitrogens with zero attached hydrogens (tertiary/aromatic N) is 1. The first kappa shape index (κ1) is 15.2. The molecule has 0 fully saturated rings. The Bertz CT molecular complexity index is 440. The van der Waals surface area contributed by atoms with Crippen molar-refractivity contribution < 1.29 is 14.2 Å². The summed E-state index contributed by atoms with van der Waals surface area (Å²) in [6.07, 6.45) is 1.36. The Morgan fingerprint density at radius 3 is 3.05 bits per heavy atom. The summed E-state index contributed by atoms with van der Waals surface area (Å²) in [6, 6.07) is 4.65. The van der Waals surface area contributed by atoms with Gasteiger partial charge >= 0.3 is 0 Å². The summed E-state index contributed by atoms with van der Waals surface area (Å²) >= 11 is 0. The summed E-state index contributed by atoms with van der Waals surface area (Å²) in [6.45, 7) is 1.74. The monoisotopic (exact) mass is 282 g/mol. The first-order valence-corrected chi connectivity index (χ1v) is 7.04. The number of rotatable bonds is 5. The van der Waals surface area contributed by atoms with Crippen LogP contribution in [0.5, 0.6) is 5.75 Å². The highest BCUT2D eigenvalue weighted by Gasteiger charge is 2.21. The van der Waals surface area contributed by atoms with E-state index in [1.54, 1.807) is 6.07 Å². The molecule has 0 radical (unpaired) electrons. The molecule has 1 heterocycles. The summed E-state index contributed by atoms with van der Waals surface area (Å²) in [7, 11) is 3.85. The van der Waals surface area contributed by atoms with Crippen molar-refractivity contribution in [1.82, 2.24) is 10.2 Å². The summed E-state index contributed by atoms with van der Waals surface area (Å²) in [5, 5.41) is 13.2. The predicted molar refractivity (Wildman–Crippen MR) is 76.4 cm³/mol. The minimum atomic E-state index is -0.439. The maximum Gasteiger partial charge on any atom is 0.124 e. The van der Waals surface area contributed by atoms with Crippen molar-refractivity contribution in [2.75, 3.05) is 33.8 Å². The average molecular weight is 282 g/mol. The maximum atomic E-state index is 13.4. The van der Waals surface area contributed by atoms with Crippen LogP contribution in [0.15, 0.2) is 18.2 Å². The third kappa shape index (κ3) is 4.16. The van der Waals surface area contributed by atoms with Crippen LogP contribution in [0.2, 0.25) is 0 Å². The topological polar surface area (TPSA) is 44.7 Å². The molecule has 0 spiro atoms. The molecule has 2 unspecified atom stereocenters. The van der Waals surface area contributed by atoms with Gasteiger partial charge in [-0.15, -0.1) is 0 Å². The van der Waals surface area contributed by atoms with E-state index in [9.17, 15) is 9.50 Å². The fraction of sp³-hybridized carbons (Fsp3) is 0.600. The maximum absolute atomic E-state index is 13.4. The molecule has 0 bridgehead atoms. The number of nitrogens with one attached hydrogen (secondary N) is 1. The van der Waals surface area contributed by atoms with Crippen LogP contribution in [0.25, 0.3) is 0 Å². The number of likely N-dealkylation sites (N-methyl/N-ethyl adjacent to an activating group) is 1. The van der Waals surface area contributed by atoms with E-state index in [1.165, 1.54) is 12.1 Å². The van der Waals surface area contributed by atoms with Crippen LogP contribution in [0.4, 0.5) is 4.39 Å². The highest BCUT2D eigenvalue weighted by molar-refractivity contribution is 5.37. The molecule has 1 aromatic carbocycles. The van der Waals surface area contributed by atoms with E-state index in [-0.39, 0.29) is 11.9 Å². The van der Waals surface area contributed by atoms with E-state index in [4.69, 9.17) is 4.74 Å². The van der Waals surface area contributed by atoms with Crippen LogP contribution in [-0.2, 0) is 0 Å². The molecule has 2 atom stereocenters. The van der Waals surface area contributed by atoms with Crippen LogP contribution in [0.1, 0.15) is 24.4 Å². The van der Waals surface area contributed by atoms with Crippen molar-refractivity contribution >= 4 is 0 Å². The van der Waals surface area contributed by atoms with Gasteiger partial charge in [0.2, 0.25) is 0 Å². The Kier molecular flexibility index (Phi) is 5.34. The molecule has 0 amide bonds. The number of hydrogen-bond donors (Lipinski definition) is 2. The van der Waals surface area contributed by atoms with Gasteiger partial charge in [0, 0.05) is 24.7 Å². The molecular formula is C15H23FN2O2. The SMILES string of the molecule is CN(C)CC(O)CNC1CCCOc2ccc(F)cc21. The van der Waals surface area contributed by atoms with Gasteiger partial charge in [-0.3, -0.25) is 0 Å². The minimum Gasteiger partial charge on any atom is -0.493 e. The van der Waals surface area contributed by atoms with E-state index < -0.39 is 6.10 Å². The third-order valence-corrected chi connectivity index (χ3v) is 3.42. The van der Waals surface area contributed by atoms with Crippen LogP contribution in [0.3, 0.4) is 0 Å². The predicted octanol–water partition coefficient (Wildman–Crippen LogP) is 1.55. The Hall–Kier alpha value is -1.17. The second kappa shape index (κ2) is 7.02. The Labute approximate surface area is 119 Å². The molecule has 1 aliphatic rings. The largest absolute Gasteiger partial charge is 0.493 e. The van der Waals surface area contributed by atoms with E-state index in [0.717, 1.165) is 24.2 Å². The Morgan fingerprint density at radius 1 is 1.50 bits per heavy atom. The molecule has 5 heteroatoms. The molecule has 2 rings (SSSR count). The molecule has 0 saturated heterocycles. The van der Waals surface area contributed by atoms with Crippen molar-refractivity contribution in [1.29, 1.82) is 0 Å². The molecule has 1 aliphatic heterocycles. The number of benzene rings is 1. The van der Waals surface area contributed by atoms with E-state index in [2.05, 4.69) is 5.32 Å². The zero-order valence-corrected chi connectivity index (χ0v) is 12.1. The van der Waals surface area contributed by atoms with Crippen LogP contribution in [0, 0.1) is 5.82 Å². The van der Waals surface area contributed by atoms with Gasteiger partial charge in [-0.25, -0.2) is 4.39 Å². The van der Waals surface area contributed by atoms with Crippen molar-refractivity contribution in [2.45, 2.75) is 25.0 Å². The van der Waals surface area contributed by atoms with Crippen molar-refractivity contribution in [3.8, 4) is 5.75 Å². The number of hydrogen-bond acceptors (Lipinski definition) is 4. The molecule has 4 nitrogen and oxygen atoms in total. The van der Waals surface area contributed by atoms with Crippen LogP contribution < -0.4 is 10.1 Å². The third-order valence-electron chi connectivity index (χ3n) is 3.42. The fourth-order valence-corrected chi connectivity index (χ4v) is 2.52. The quantitative estimate of drug-likeness (QED) is 0.860. The van der Waals surface area contributed by atoms with Gasteiger partial charge in [0.15, 0.2) is 0 Å². The van der Waals surface area contributed by atoms with Gasteiger partial charge in [-0.2, -0.15) is 0 Å². The molecule has 0 aromatic heterocycles. The lowest BCUT2D eigenvalue weighted by molar-refractivity contribution is 0.131. The minimum absolute atomic E-state index is 0.0278. The number of aliphatic hydroxyl groups is 1. The molecule has 0 saturated carbocycles. The number of fused-ring (bicyclic) bond motifs is 1. The molecule has 1 aromatic rings. The van der Waals surface area contributed by atoms with Crippen LogP contribution in [-0.4, -0.2) is 49.9 Å². The lowest BCUT2D eigenvalue weighted by atomic mass is 10.0. The molecule has 2 N–H and O–H groups in total. The zero-order valence-electron chi connectivity index (χ0n) is 12.1. The van der Waals surface area contributed by atoms with E-state index >= 15 is 0 Å². The Morgan fingerprint density at radius 2 is 2.30 bits per heavy atom. The number of ether oxygens (including phenoxy) is 1. The van der Waals surface area contributed by atoms with Gasteiger partial charge in [-0.05, 0) is 45.1 Å². The van der Waals surface area contributed by atoms with Gasteiger partial charge < -0.3 is 20.1 Å². The van der Waals surface area contributed by atoms with Gasteiger partial charge in [0.25, 0.3) is 0 Å². The van der Waals surface area contributed by atoms with Crippen molar-refractivity contribution in [3.63, 3.8) is 0 Å². The molecule has 0 aliphatic carbocycles. The lowest BCUT2D eigenvalue weighted by Crippen LogP contribution is -2.36. The van der Waals surface area contributed by atoms with E-state index in [0.29, 0.717) is 19.7 Å². The summed E-state index contributed by atoms with van der Waals surface area (Å²) in [4.78, 5) is 1.94. The van der Waals surface area contributed by atoms with E-state index in [1.807, 2.05) is 19.0 Å². The first-order valence-electron chi connectivity index (χ1n) is 7.04.